The van der Waals surface area contributed by atoms with Crippen LogP contribution in [0.4, 0.5) is 11.4 Å². The number of nitrogens with two attached hydrogens (primary N) is 2. The van der Waals surface area contributed by atoms with Crippen molar-refractivity contribution in [3.05, 3.63) is 234 Å². The van der Waals surface area contributed by atoms with E-state index in [1.165, 1.54) is 30.5 Å². The van der Waals surface area contributed by atoms with Crippen molar-refractivity contribution in [2.75, 3.05) is 0 Å². The molecule has 14 nitrogen and oxygen atoms in total. The molecule has 0 saturated heterocycles. The van der Waals surface area contributed by atoms with Crippen molar-refractivity contribution in [1.82, 2.24) is 19.9 Å². The highest BCUT2D eigenvalue weighted by Gasteiger charge is 2.22. The Morgan fingerprint density at radius 3 is 1.26 bits per heavy atom. The smallest absolute Gasteiger partial charge is 0.270 e. The average molecular weight is 895 g/mol. The van der Waals surface area contributed by atoms with Crippen LogP contribution in [0.15, 0.2) is 192 Å². The van der Waals surface area contributed by atoms with Crippen molar-refractivity contribution < 1.29 is 9.85 Å². The maximum Gasteiger partial charge on any atom is 0.270 e. The van der Waals surface area contributed by atoms with Crippen LogP contribution in [0, 0.1) is 20.2 Å². The number of fused-ring (bicyclic) bond motifs is 2. The molecule has 0 amide bonds. The summed E-state index contributed by atoms with van der Waals surface area (Å²) in [4.78, 5) is 64.6. The Hall–Kier alpha value is -9.24. The topological polar surface area (TPSA) is 230 Å². The van der Waals surface area contributed by atoms with Crippen LogP contribution in [-0.4, -0.2) is 29.8 Å². The van der Waals surface area contributed by atoms with Gasteiger partial charge in [0, 0.05) is 82.1 Å². The second-order valence-electron chi connectivity index (χ2n) is 16.3. The van der Waals surface area contributed by atoms with Gasteiger partial charge in [-0.2, -0.15) is 0 Å². The Bertz CT molecular complexity index is 3690. The monoisotopic (exact) mass is 894 g/mol. The molecule has 0 radical (unpaired) electrons. The molecular formula is C54H38N8O6. The van der Waals surface area contributed by atoms with Crippen molar-refractivity contribution in [3.8, 4) is 67.0 Å². The van der Waals surface area contributed by atoms with E-state index in [2.05, 4.69) is 9.97 Å². The van der Waals surface area contributed by atoms with Crippen molar-refractivity contribution >= 4 is 33.2 Å². The van der Waals surface area contributed by atoms with E-state index in [4.69, 9.17) is 21.4 Å². The zero-order valence-corrected chi connectivity index (χ0v) is 35.9. The number of benzene rings is 6. The highest BCUT2D eigenvalue weighted by atomic mass is 16.6. The van der Waals surface area contributed by atoms with Gasteiger partial charge >= 0.3 is 0 Å². The van der Waals surface area contributed by atoms with Crippen molar-refractivity contribution in [1.29, 1.82) is 0 Å². The van der Waals surface area contributed by atoms with E-state index in [0.717, 1.165) is 44.5 Å². The number of nitro benzene ring substituents is 2. The van der Waals surface area contributed by atoms with Gasteiger partial charge in [0.1, 0.15) is 0 Å². The van der Waals surface area contributed by atoms with Crippen molar-refractivity contribution in [2.45, 2.75) is 12.1 Å². The number of aromatic nitrogens is 4. The van der Waals surface area contributed by atoms with Gasteiger partial charge in [0.2, 0.25) is 0 Å². The summed E-state index contributed by atoms with van der Waals surface area (Å²) in [7, 11) is 0. The molecule has 0 aliphatic heterocycles. The third kappa shape index (κ3) is 7.97. The summed E-state index contributed by atoms with van der Waals surface area (Å²) < 4.78 is 0. The minimum atomic E-state index is -0.623. The quantitative estimate of drug-likeness (QED) is 0.0709. The molecule has 0 aliphatic rings. The van der Waals surface area contributed by atoms with Gasteiger partial charge in [-0.1, -0.05) is 121 Å². The SMILES string of the molecule is NC(c1ccc(-c2nc3c(-c4ccc([N+](=O)[O-])cc4)c[nH]c(=O)c3cc2-c2ccccc2)cc1)C(N)c1ccc(-c2nc3c(-c4cccc([N+](=O)[O-])c4)c[nH]c(=O)c3cc2-c2ccccc2)cc1. The molecule has 0 saturated carbocycles. The van der Waals surface area contributed by atoms with Gasteiger partial charge in [0.05, 0.1) is 43.0 Å². The Morgan fingerprint density at radius 2 is 0.824 bits per heavy atom. The third-order valence-electron chi connectivity index (χ3n) is 12.2. The molecule has 10 rings (SSSR count). The first-order valence-corrected chi connectivity index (χ1v) is 21.5. The molecule has 2 atom stereocenters. The van der Waals surface area contributed by atoms with Crippen LogP contribution in [0.2, 0.25) is 0 Å². The molecule has 68 heavy (non-hydrogen) atoms. The molecule has 4 heterocycles. The number of nitrogens with zero attached hydrogens (tertiary/aromatic N) is 4. The standard InChI is InChI=1S/C54H38N8O6/c55-47(34-14-18-36(19-15-34)49-41(31-8-3-1-4-9-31)27-43-51(59-49)45(29-57-53(43)63)33-22-24-39(25-23-33)61(65)66)48(56)35-16-20-37(21-17-35)50-42(32-10-5-2-6-11-32)28-44-52(60-50)46(30-58-54(44)64)38-12-7-13-40(26-38)62(67)68/h1-30,47-48H,55-56H2,(H,57,63)(H,58,64). The lowest BCUT2D eigenvalue weighted by Gasteiger charge is -2.22. The van der Waals surface area contributed by atoms with Crippen LogP contribution in [0.5, 0.6) is 0 Å². The van der Waals surface area contributed by atoms with Crippen molar-refractivity contribution in [2.24, 2.45) is 11.5 Å². The number of aromatic amines is 2. The van der Waals surface area contributed by atoms with Gasteiger partial charge in [0.25, 0.3) is 22.5 Å². The van der Waals surface area contributed by atoms with E-state index < -0.39 is 21.9 Å². The predicted octanol–water partition coefficient (Wildman–Crippen LogP) is 10.7. The summed E-state index contributed by atoms with van der Waals surface area (Å²) in [5.41, 5.74) is 23.6. The van der Waals surface area contributed by atoms with Gasteiger partial charge in [0.15, 0.2) is 0 Å². The summed E-state index contributed by atoms with van der Waals surface area (Å²) >= 11 is 0. The molecular weight excluding hydrogens is 857 g/mol. The molecule has 14 heteroatoms. The fourth-order valence-corrected chi connectivity index (χ4v) is 8.60. The summed E-state index contributed by atoms with van der Waals surface area (Å²) in [6.45, 7) is 0. The summed E-state index contributed by atoms with van der Waals surface area (Å²) in [5.74, 6) is 0. The minimum Gasteiger partial charge on any atom is -0.328 e. The van der Waals surface area contributed by atoms with Gasteiger partial charge in [-0.3, -0.25) is 29.8 Å². The van der Waals surface area contributed by atoms with E-state index in [0.29, 0.717) is 55.4 Å². The van der Waals surface area contributed by atoms with Gasteiger partial charge in [-0.05, 0) is 57.6 Å². The van der Waals surface area contributed by atoms with Crippen LogP contribution >= 0.6 is 0 Å². The van der Waals surface area contributed by atoms with E-state index in [-0.39, 0.29) is 22.5 Å². The first-order chi connectivity index (χ1) is 33.0. The number of non-ortho nitro benzene ring substituents is 2. The van der Waals surface area contributed by atoms with Gasteiger partial charge in [-0.15, -0.1) is 0 Å². The molecule has 0 bridgehead atoms. The Balaban J connectivity index is 0.993. The third-order valence-corrected chi connectivity index (χ3v) is 12.2. The average Bonchev–Trinajstić information content (AvgIpc) is 3.38. The molecule has 4 aromatic heterocycles. The number of nitro groups is 2. The van der Waals surface area contributed by atoms with Crippen LogP contribution in [0.25, 0.3) is 88.8 Å². The number of H-pyrrole nitrogens is 2. The molecule has 0 aliphatic carbocycles. The molecule has 6 aromatic carbocycles. The molecule has 330 valence electrons. The van der Waals surface area contributed by atoms with Crippen molar-refractivity contribution in [3.63, 3.8) is 0 Å². The van der Waals surface area contributed by atoms with Gasteiger partial charge in [-0.25, -0.2) is 9.97 Å². The first kappa shape index (κ1) is 42.7. The van der Waals surface area contributed by atoms with Crippen LogP contribution < -0.4 is 22.6 Å². The lowest BCUT2D eigenvalue weighted by Crippen LogP contribution is -2.26. The largest absolute Gasteiger partial charge is 0.328 e. The number of rotatable bonds is 11. The van der Waals surface area contributed by atoms with E-state index in [9.17, 15) is 29.8 Å². The summed E-state index contributed by atoms with van der Waals surface area (Å²) in [5, 5.41) is 23.8. The predicted molar refractivity (Wildman–Crippen MR) is 265 cm³/mol. The van der Waals surface area contributed by atoms with Gasteiger partial charge < -0.3 is 21.4 Å². The number of nitrogens with one attached hydrogen (secondary N) is 2. The lowest BCUT2D eigenvalue weighted by molar-refractivity contribution is -0.385. The van der Waals surface area contributed by atoms with Crippen LogP contribution in [0.1, 0.15) is 23.2 Å². The highest BCUT2D eigenvalue weighted by Crippen LogP contribution is 2.39. The Morgan fingerprint density at radius 1 is 0.426 bits per heavy atom. The maximum absolute atomic E-state index is 13.3. The fourth-order valence-electron chi connectivity index (χ4n) is 8.60. The van der Waals surface area contributed by atoms with E-state index in [1.807, 2.05) is 115 Å². The second kappa shape index (κ2) is 17.6. The minimum absolute atomic E-state index is 0.0509. The molecule has 0 fully saturated rings. The first-order valence-electron chi connectivity index (χ1n) is 21.5. The maximum atomic E-state index is 13.3. The highest BCUT2D eigenvalue weighted by molar-refractivity contribution is 6.00. The normalized spacial score (nSPS) is 12.2. The second-order valence-corrected chi connectivity index (χ2v) is 16.3. The Kier molecular flexibility index (Phi) is 11.1. The van der Waals surface area contributed by atoms with Crippen LogP contribution in [0.3, 0.4) is 0 Å². The molecule has 6 N–H and O–H groups in total. The fraction of sp³-hybridized carbons (Fsp3) is 0.0370. The van der Waals surface area contributed by atoms with E-state index in [1.54, 1.807) is 36.5 Å². The Labute approximate surface area is 386 Å². The number of hydrogen-bond donors (Lipinski definition) is 4. The lowest BCUT2D eigenvalue weighted by atomic mass is 9.91. The summed E-state index contributed by atoms with van der Waals surface area (Å²) in [6.07, 6.45) is 3.10. The molecule has 2 unspecified atom stereocenters. The number of hydrogen-bond acceptors (Lipinski definition) is 10. The zero-order valence-electron chi connectivity index (χ0n) is 35.9. The molecule has 0 spiro atoms. The van der Waals surface area contributed by atoms with E-state index >= 15 is 0 Å². The molecule has 10 aromatic rings. The summed E-state index contributed by atoms with van der Waals surface area (Å²) in [6, 6.07) is 49.3. The van der Waals surface area contributed by atoms with Crippen LogP contribution in [-0.2, 0) is 0 Å². The zero-order chi connectivity index (χ0) is 47.1. The number of pyridine rings is 4.